The van der Waals surface area contributed by atoms with Crippen molar-refractivity contribution >= 4 is 5.91 Å². The van der Waals surface area contributed by atoms with Crippen molar-refractivity contribution in [1.82, 2.24) is 19.9 Å². The van der Waals surface area contributed by atoms with E-state index in [0.717, 1.165) is 55.6 Å². The van der Waals surface area contributed by atoms with Gasteiger partial charge in [0.15, 0.2) is 0 Å². The zero-order chi connectivity index (χ0) is 18.6. The summed E-state index contributed by atoms with van der Waals surface area (Å²) in [6, 6.07) is 2.94. The van der Waals surface area contributed by atoms with E-state index in [1.165, 1.54) is 12.3 Å². The van der Waals surface area contributed by atoms with Crippen molar-refractivity contribution in [2.75, 3.05) is 13.1 Å². The van der Waals surface area contributed by atoms with Crippen LogP contribution in [0.1, 0.15) is 65.5 Å². The quantitative estimate of drug-likeness (QED) is 0.840. The van der Waals surface area contributed by atoms with Gasteiger partial charge in [0.25, 0.3) is 11.5 Å². The first kappa shape index (κ1) is 16.5. The lowest BCUT2D eigenvalue weighted by molar-refractivity contribution is 0.0632. The lowest BCUT2D eigenvalue weighted by Crippen LogP contribution is -2.48. The predicted molar refractivity (Wildman–Crippen MR) is 99.0 cm³/mol. The molecule has 2 N–H and O–H groups in total. The van der Waals surface area contributed by atoms with Crippen LogP contribution in [0.25, 0.3) is 0 Å². The number of rotatable bonds is 2. The van der Waals surface area contributed by atoms with E-state index >= 15 is 0 Å². The van der Waals surface area contributed by atoms with Crippen molar-refractivity contribution in [2.45, 2.75) is 49.9 Å². The highest BCUT2D eigenvalue weighted by Gasteiger charge is 2.46. The summed E-state index contributed by atoms with van der Waals surface area (Å²) in [5, 5.41) is 0. The minimum absolute atomic E-state index is 0.00265. The van der Waals surface area contributed by atoms with Crippen LogP contribution in [0.4, 0.5) is 0 Å². The van der Waals surface area contributed by atoms with Crippen molar-refractivity contribution in [3.8, 4) is 0 Å². The lowest BCUT2D eigenvalue weighted by Gasteiger charge is -2.40. The summed E-state index contributed by atoms with van der Waals surface area (Å²) in [6.07, 6.45) is 7.09. The van der Waals surface area contributed by atoms with Gasteiger partial charge in [-0.3, -0.25) is 14.4 Å². The maximum atomic E-state index is 12.9. The SMILES string of the molecule is O=C(c1ccc(=O)[nH]c1)N1CCCC2(CCc3c2nc(C2CC2)[nH]c3=O)C1. The molecule has 3 heterocycles. The molecule has 0 aromatic carbocycles. The number of hydrogen-bond donors (Lipinski definition) is 2. The molecular weight excluding hydrogens is 344 g/mol. The second kappa shape index (κ2) is 5.90. The van der Waals surface area contributed by atoms with Gasteiger partial charge in [-0.1, -0.05) is 0 Å². The third-order valence-electron chi connectivity index (χ3n) is 6.25. The van der Waals surface area contributed by atoms with Gasteiger partial charge in [-0.25, -0.2) is 4.98 Å². The molecule has 1 unspecified atom stereocenters. The Bertz CT molecular complexity index is 1020. The zero-order valence-corrected chi connectivity index (χ0v) is 15.1. The molecular formula is C20H22N4O3. The molecule has 2 aromatic rings. The van der Waals surface area contributed by atoms with Gasteiger partial charge < -0.3 is 14.9 Å². The fourth-order valence-corrected chi connectivity index (χ4v) is 4.65. The molecule has 3 aliphatic rings. The molecule has 2 aromatic heterocycles. The maximum absolute atomic E-state index is 12.9. The Morgan fingerprint density at radius 1 is 1.22 bits per heavy atom. The van der Waals surface area contributed by atoms with Gasteiger partial charge in [0.05, 0.1) is 11.3 Å². The largest absolute Gasteiger partial charge is 0.338 e. The molecule has 27 heavy (non-hydrogen) atoms. The summed E-state index contributed by atoms with van der Waals surface area (Å²) in [7, 11) is 0. The Kier molecular flexibility index (Phi) is 3.60. The monoisotopic (exact) mass is 366 g/mol. The molecule has 1 aliphatic heterocycles. The molecule has 1 spiro atoms. The molecule has 2 aliphatic carbocycles. The van der Waals surface area contributed by atoms with Gasteiger partial charge in [-0.05, 0) is 44.6 Å². The molecule has 0 radical (unpaired) electrons. The Hall–Kier alpha value is -2.70. The number of H-pyrrole nitrogens is 2. The van der Waals surface area contributed by atoms with Gasteiger partial charge in [0, 0.05) is 42.2 Å². The van der Waals surface area contributed by atoms with Crippen LogP contribution in [0.3, 0.4) is 0 Å². The number of nitrogens with one attached hydrogen (secondary N) is 2. The number of nitrogens with zero attached hydrogens (tertiary/aromatic N) is 2. The fourth-order valence-electron chi connectivity index (χ4n) is 4.65. The zero-order valence-electron chi connectivity index (χ0n) is 15.1. The predicted octanol–water partition coefficient (Wildman–Crippen LogP) is 1.46. The van der Waals surface area contributed by atoms with E-state index in [2.05, 4.69) is 9.97 Å². The lowest BCUT2D eigenvalue weighted by atomic mass is 9.77. The molecule has 5 rings (SSSR count). The van der Waals surface area contributed by atoms with E-state index in [0.29, 0.717) is 24.6 Å². The molecule has 1 atom stereocenters. The van der Waals surface area contributed by atoms with Crippen LogP contribution in [0, 0.1) is 0 Å². The number of hydrogen-bond acceptors (Lipinski definition) is 4. The van der Waals surface area contributed by atoms with E-state index < -0.39 is 0 Å². The average Bonchev–Trinajstić information content (AvgIpc) is 3.47. The first-order valence-electron chi connectivity index (χ1n) is 9.67. The number of aromatic nitrogens is 3. The number of likely N-dealkylation sites (tertiary alicyclic amines) is 1. The Morgan fingerprint density at radius 2 is 2.07 bits per heavy atom. The number of amides is 1. The van der Waals surface area contributed by atoms with Gasteiger partial charge in [0.2, 0.25) is 5.56 Å². The van der Waals surface area contributed by atoms with Crippen LogP contribution in [0.5, 0.6) is 0 Å². The summed E-state index contributed by atoms with van der Waals surface area (Å²) >= 11 is 0. The van der Waals surface area contributed by atoms with Crippen molar-refractivity contribution in [3.63, 3.8) is 0 Å². The number of aromatic amines is 2. The Balaban J connectivity index is 1.48. The van der Waals surface area contributed by atoms with Crippen molar-refractivity contribution in [1.29, 1.82) is 0 Å². The highest BCUT2D eigenvalue weighted by molar-refractivity contribution is 5.94. The molecule has 0 bridgehead atoms. The van der Waals surface area contributed by atoms with Gasteiger partial charge in [-0.15, -0.1) is 0 Å². The molecule has 7 nitrogen and oxygen atoms in total. The molecule has 140 valence electrons. The van der Waals surface area contributed by atoms with Crippen LogP contribution in [0.15, 0.2) is 27.9 Å². The first-order chi connectivity index (χ1) is 13.1. The molecule has 1 saturated carbocycles. The van der Waals surface area contributed by atoms with E-state index in [1.807, 2.05) is 4.90 Å². The smallest absolute Gasteiger partial charge is 0.255 e. The van der Waals surface area contributed by atoms with E-state index in [-0.39, 0.29) is 22.4 Å². The number of pyridine rings is 1. The second-order valence-corrected chi connectivity index (χ2v) is 8.10. The summed E-state index contributed by atoms with van der Waals surface area (Å²) < 4.78 is 0. The molecule has 2 fully saturated rings. The van der Waals surface area contributed by atoms with Crippen LogP contribution in [0.2, 0.25) is 0 Å². The van der Waals surface area contributed by atoms with Crippen molar-refractivity contribution in [2.24, 2.45) is 0 Å². The third-order valence-corrected chi connectivity index (χ3v) is 6.25. The highest BCUT2D eigenvalue weighted by atomic mass is 16.2. The molecule has 1 saturated heterocycles. The highest BCUT2D eigenvalue weighted by Crippen LogP contribution is 2.45. The summed E-state index contributed by atoms with van der Waals surface area (Å²) in [6.45, 7) is 1.27. The maximum Gasteiger partial charge on any atom is 0.255 e. The Labute approximate surface area is 155 Å². The van der Waals surface area contributed by atoms with Gasteiger partial charge in [0.1, 0.15) is 5.82 Å². The second-order valence-electron chi connectivity index (χ2n) is 8.10. The van der Waals surface area contributed by atoms with Crippen LogP contribution < -0.4 is 11.1 Å². The fraction of sp³-hybridized carbons (Fsp3) is 0.500. The van der Waals surface area contributed by atoms with Crippen LogP contribution in [-0.4, -0.2) is 38.8 Å². The molecule has 1 amide bonds. The normalized spacial score (nSPS) is 24.2. The summed E-state index contributed by atoms with van der Waals surface area (Å²) in [5.74, 6) is 1.14. The standard InChI is InChI=1S/C20H22N4O3/c25-15-5-4-13(10-21-15)19(27)24-9-1-7-20(11-24)8-6-14-16(20)22-17(12-2-3-12)23-18(14)26/h4-5,10,12H,1-3,6-9,11H2,(H,21,25)(H,22,23,26). The average molecular weight is 366 g/mol. The number of carbonyl (C=O) groups is 1. The van der Waals surface area contributed by atoms with Crippen LogP contribution >= 0.6 is 0 Å². The van der Waals surface area contributed by atoms with Crippen molar-refractivity contribution < 1.29 is 4.79 Å². The number of fused-ring (bicyclic) bond motifs is 2. The van der Waals surface area contributed by atoms with E-state index in [4.69, 9.17) is 4.98 Å². The van der Waals surface area contributed by atoms with E-state index in [9.17, 15) is 14.4 Å². The minimum atomic E-state index is -0.220. The van der Waals surface area contributed by atoms with E-state index in [1.54, 1.807) is 6.07 Å². The summed E-state index contributed by atoms with van der Waals surface area (Å²) in [4.78, 5) is 49.0. The van der Waals surface area contributed by atoms with Gasteiger partial charge in [-0.2, -0.15) is 0 Å². The number of piperidine rings is 1. The number of carbonyl (C=O) groups excluding carboxylic acids is 1. The first-order valence-corrected chi connectivity index (χ1v) is 9.67. The van der Waals surface area contributed by atoms with Crippen LogP contribution in [-0.2, 0) is 11.8 Å². The Morgan fingerprint density at radius 3 is 2.81 bits per heavy atom. The topological polar surface area (TPSA) is 98.9 Å². The summed E-state index contributed by atoms with van der Waals surface area (Å²) in [5.41, 5.74) is 1.78. The minimum Gasteiger partial charge on any atom is -0.338 e. The van der Waals surface area contributed by atoms with Gasteiger partial charge >= 0.3 is 0 Å². The molecule has 7 heteroatoms. The third kappa shape index (κ3) is 2.72. The van der Waals surface area contributed by atoms with Crippen molar-refractivity contribution in [3.05, 3.63) is 61.7 Å².